The van der Waals surface area contributed by atoms with Crippen molar-refractivity contribution >= 4 is 45.7 Å². The van der Waals surface area contributed by atoms with Crippen LogP contribution in [0.25, 0.3) is 11.0 Å². The molecule has 0 unspecified atom stereocenters. The topological polar surface area (TPSA) is 106 Å². The number of aromatic nitrogens is 3. The molecule has 0 aromatic carbocycles. The van der Waals surface area contributed by atoms with E-state index in [-0.39, 0.29) is 12.2 Å². The Morgan fingerprint density at radius 2 is 2.00 bits per heavy atom. The van der Waals surface area contributed by atoms with Crippen LogP contribution in [-0.2, 0) is 14.7 Å². The third-order valence-corrected chi connectivity index (χ3v) is 5.83. The first-order valence-corrected chi connectivity index (χ1v) is 11.3. The number of amides is 1. The second kappa shape index (κ2) is 8.45. The maximum absolute atomic E-state index is 12.3. The van der Waals surface area contributed by atoms with E-state index in [1.54, 1.807) is 12.3 Å². The molecule has 1 fully saturated rings. The van der Waals surface area contributed by atoms with Crippen LogP contribution < -0.4 is 5.32 Å². The Labute approximate surface area is 183 Å². The van der Waals surface area contributed by atoms with Gasteiger partial charge in [0.05, 0.1) is 9.97 Å². The number of alkyl carbamates (subject to hydrolysis) is 1. The van der Waals surface area contributed by atoms with Gasteiger partial charge in [-0.15, -0.1) is 0 Å². The van der Waals surface area contributed by atoms with E-state index in [9.17, 15) is 14.7 Å². The number of carboxylic acid groups (broad SMARTS) is 1. The molecule has 0 radical (unpaired) electrons. The zero-order valence-electron chi connectivity index (χ0n) is 17.0. The van der Waals surface area contributed by atoms with Gasteiger partial charge < -0.3 is 19.7 Å². The molecule has 29 heavy (non-hydrogen) atoms. The van der Waals surface area contributed by atoms with E-state index in [2.05, 4.69) is 37.9 Å². The van der Waals surface area contributed by atoms with Crippen molar-refractivity contribution in [2.75, 3.05) is 6.54 Å². The number of hydrogen-bond donors (Lipinski definition) is 2. The summed E-state index contributed by atoms with van der Waals surface area (Å²) in [4.78, 5) is 33.3. The third-order valence-electron chi connectivity index (χ3n) is 5.15. The van der Waals surface area contributed by atoms with E-state index in [1.165, 1.54) is 0 Å². The van der Waals surface area contributed by atoms with Gasteiger partial charge in [-0.25, -0.2) is 19.6 Å². The number of hydrogen-bond acceptors (Lipinski definition) is 5. The van der Waals surface area contributed by atoms with Crippen LogP contribution in [0.4, 0.5) is 4.79 Å². The van der Waals surface area contributed by atoms with Crippen molar-refractivity contribution in [2.24, 2.45) is 0 Å². The largest absolute Gasteiger partial charge is 0.477 e. The molecular formula is C20H27IN4O4. The Bertz CT molecular complexity index is 913. The number of carbonyl (C=O) groups excluding carboxylic acids is 1. The summed E-state index contributed by atoms with van der Waals surface area (Å²) < 4.78 is 7.84. The second-order valence-corrected chi connectivity index (χ2v) is 9.27. The molecular weight excluding hydrogens is 487 g/mol. The van der Waals surface area contributed by atoms with Crippen LogP contribution in [0.1, 0.15) is 69.2 Å². The summed E-state index contributed by atoms with van der Waals surface area (Å²) in [5, 5.41) is 13.5. The van der Waals surface area contributed by atoms with Gasteiger partial charge >= 0.3 is 12.1 Å². The molecule has 2 aromatic heterocycles. The van der Waals surface area contributed by atoms with Gasteiger partial charge in [0.25, 0.3) is 0 Å². The van der Waals surface area contributed by atoms with Gasteiger partial charge in [-0.3, -0.25) is 0 Å². The lowest BCUT2D eigenvalue weighted by Crippen LogP contribution is -2.48. The number of nitrogens with zero attached hydrogens (tertiary/aromatic N) is 3. The third kappa shape index (κ3) is 4.81. The highest BCUT2D eigenvalue weighted by atomic mass is 127. The molecule has 1 saturated carbocycles. The summed E-state index contributed by atoms with van der Waals surface area (Å²) in [6, 6.07) is 1.62. The predicted octanol–water partition coefficient (Wildman–Crippen LogP) is 4.25. The molecule has 0 bridgehead atoms. The van der Waals surface area contributed by atoms with Crippen LogP contribution in [-0.4, -0.2) is 43.8 Å². The molecule has 1 amide bonds. The molecule has 1 aliphatic carbocycles. The van der Waals surface area contributed by atoms with Gasteiger partial charge in [0.2, 0.25) is 0 Å². The SMILES string of the molecule is CC(C)(C)OC(=O)NCC1(n2c(C(=O)O)cc3cnc(CI)nc32)CCCCC1. The summed E-state index contributed by atoms with van der Waals surface area (Å²) >= 11 is 2.19. The van der Waals surface area contributed by atoms with E-state index >= 15 is 0 Å². The quantitative estimate of drug-likeness (QED) is 0.457. The summed E-state index contributed by atoms with van der Waals surface area (Å²) in [6.07, 6.45) is 5.70. The predicted molar refractivity (Wildman–Crippen MR) is 118 cm³/mol. The highest BCUT2D eigenvalue weighted by Crippen LogP contribution is 2.38. The van der Waals surface area contributed by atoms with Crippen molar-refractivity contribution in [3.63, 3.8) is 0 Å². The minimum Gasteiger partial charge on any atom is -0.477 e. The second-order valence-electron chi connectivity index (χ2n) is 8.51. The molecule has 0 aliphatic heterocycles. The van der Waals surface area contributed by atoms with Gasteiger partial charge in [0, 0.05) is 18.1 Å². The molecule has 2 N–H and O–H groups in total. The van der Waals surface area contributed by atoms with Crippen LogP contribution in [0, 0.1) is 0 Å². The van der Waals surface area contributed by atoms with Gasteiger partial charge in [0.1, 0.15) is 22.8 Å². The normalized spacial score (nSPS) is 16.6. The first kappa shape index (κ1) is 21.8. The maximum atomic E-state index is 12.3. The lowest BCUT2D eigenvalue weighted by atomic mass is 9.81. The first-order chi connectivity index (χ1) is 13.6. The van der Waals surface area contributed by atoms with Crippen molar-refractivity contribution in [3.8, 4) is 0 Å². The molecule has 2 heterocycles. The number of carboxylic acids is 1. The molecule has 3 rings (SSSR count). The zero-order chi connectivity index (χ0) is 21.2. The highest BCUT2D eigenvalue weighted by molar-refractivity contribution is 14.1. The van der Waals surface area contributed by atoms with Crippen LogP contribution >= 0.6 is 22.6 Å². The Morgan fingerprint density at radius 3 is 2.59 bits per heavy atom. The summed E-state index contributed by atoms with van der Waals surface area (Å²) in [7, 11) is 0. The standard InChI is InChI=1S/C20H27IN4O4/c1-19(2,3)29-18(28)23-12-20(7-5-4-6-8-20)25-14(17(26)27)9-13-11-22-15(10-21)24-16(13)25/h9,11H,4-8,10,12H2,1-3H3,(H,23,28)(H,26,27). The fourth-order valence-electron chi connectivity index (χ4n) is 3.97. The van der Waals surface area contributed by atoms with Crippen LogP contribution in [0.15, 0.2) is 12.3 Å². The van der Waals surface area contributed by atoms with Crippen molar-refractivity contribution in [1.82, 2.24) is 19.9 Å². The van der Waals surface area contributed by atoms with Crippen molar-refractivity contribution in [3.05, 3.63) is 23.8 Å². The first-order valence-electron chi connectivity index (χ1n) is 9.79. The number of rotatable bonds is 5. The molecule has 0 spiro atoms. The minimum atomic E-state index is -1.01. The zero-order valence-corrected chi connectivity index (χ0v) is 19.2. The molecule has 0 atom stereocenters. The van der Waals surface area contributed by atoms with Crippen molar-refractivity contribution in [1.29, 1.82) is 0 Å². The smallest absolute Gasteiger partial charge is 0.407 e. The number of ether oxygens (including phenoxy) is 1. The van der Waals surface area contributed by atoms with E-state index in [0.29, 0.717) is 21.3 Å². The number of carbonyl (C=O) groups is 2. The van der Waals surface area contributed by atoms with Crippen LogP contribution in [0.3, 0.4) is 0 Å². The molecule has 9 heteroatoms. The van der Waals surface area contributed by atoms with Gasteiger partial charge in [-0.05, 0) is 39.7 Å². The van der Waals surface area contributed by atoms with Gasteiger partial charge in [-0.2, -0.15) is 0 Å². The maximum Gasteiger partial charge on any atom is 0.407 e. The molecule has 2 aromatic rings. The van der Waals surface area contributed by atoms with E-state index in [4.69, 9.17) is 4.74 Å². The average Bonchev–Trinajstić information content (AvgIpc) is 3.05. The highest BCUT2D eigenvalue weighted by Gasteiger charge is 2.39. The van der Waals surface area contributed by atoms with E-state index < -0.39 is 23.2 Å². The fourth-order valence-corrected chi connectivity index (χ4v) is 4.33. The van der Waals surface area contributed by atoms with Crippen molar-refractivity contribution in [2.45, 2.75) is 68.4 Å². The Kier molecular flexibility index (Phi) is 6.35. The summed E-state index contributed by atoms with van der Waals surface area (Å²) in [6.45, 7) is 5.73. The molecule has 0 saturated heterocycles. The number of fused-ring (bicyclic) bond motifs is 1. The number of aromatic carboxylic acids is 1. The summed E-state index contributed by atoms with van der Waals surface area (Å²) in [5.41, 5.74) is -0.384. The van der Waals surface area contributed by atoms with E-state index in [0.717, 1.165) is 32.1 Å². The van der Waals surface area contributed by atoms with E-state index in [1.807, 2.05) is 25.3 Å². The Balaban J connectivity index is 2.06. The fraction of sp³-hybridized carbons (Fsp3) is 0.600. The van der Waals surface area contributed by atoms with Crippen LogP contribution in [0.5, 0.6) is 0 Å². The van der Waals surface area contributed by atoms with Gasteiger partial charge in [0.15, 0.2) is 0 Å². The lowest BCUT2D eigenvalue weighted by molar-refractivity contribution is 0.0486. The monoisotopic (exact) mass is 514 g/mol. The van der Waals surface area contributed by atoms with Crippen LogP contribution in [0.2, 0.25) is 0 Å². The number of halogens is 1. The average molecular weight is 514 g/mol. The molecule has 158 valence electrons. The Morgan fingerprint density at radius 1 is 1.31 bits per heavy atom. The molecule has 8 nitrogen and oxygen atoms in total. The number of alkyl halides is 1. The number of nitrogens with one attached hydrogen (secondary N) is 1. The van der Waals surface area contributed by atoms with Gasteiger partial charge in [-0.1, -0.05) is 41.9 Å². The minimum absolute atomic E-state index is 0.174. The molecule has 1 aliphatic rings. The Hall–Kier alpha value is -1.91. The van der Waals surface area contributed by atoms with Crippen molar-refractivity contribution < 1.29 is 19.4 Å². The lowest BCUT2D eigenvalue weighted by Gasteiger charge is -2.40. The summed E-state index contributed by atoms with van der Waals surface area (Å²) in [5.74, 6) is -0.360.